The van der Waals surface area contributed by atoms with E-state index >= 15 is 0 Å². The molecular formula is C28H27FN2O3S2. The minimum Gasteiger partial charge on any atom is -0.493 e. The molecule has 0 aliphatic rings. The van der Waals surface area contributed by atoms with E-state index < -0.39 is 15.8 Å². The van der Waals surface area contributed by atoms with Crippen molar-refractivity contribution in [2.24, 2.45) is 5.41 Å². The van der Waals surface area contributed by atoms with Gasteiger partial charge in [-0.3, -0.25) is 4.72 Å². The fourth-order valence-corrected chi connectivity index (χ4v) is 6.55. The maximum atomic E-state index is 14.9. The van der Waals surface area contributed by atoms with Crippen LogP contribution in [0, 0.1) is 18.2 Å². The maximum Gasteiger partial charge on any atom is 0.263 e. The van der Waals surface area contributed by atoms with Crippen LogP contribution in [-0.4, -0.2) is 20.0 Å². The van der Waals surface area contributed by atoms with Gasteiger partial charge in [0.2, 0.25) is 0 Å². The Morgan fingerprint density at radius 3 is 2.47 bits per heavy atom. The standard InChI is InChI=1S/C28H27FN2O3S2/c1-17-9-8-12-20-23(17)25-26(35-27(30-25)31-36(32,33)19-10-6-5-7-11-19)21-15-18(29)16-22(24(20)21)34-14-13-28(2,3)4/h5-12,15-16H,13-14H2,1-4H3,(H,30,31). The zero-order chi connectivity index (χ0) is 25.7. The van der Waals surface area contributed by atoms with Crippen molar-refractivity contribution in [2.45, 2.75) is 39.0 Å². The second kappa shape index (κ2) is 9.01. The number of sulfonamides is 1. The number of nitrogens with one attached hydrogen (secondary N) is 1. The van der Waals surface area contributed by atoms with Gasteiger partial charge in [0.05, 0.1) is 21.7 Å². The van der Waals surface area contributed by atoms with Gasteiger partial charge < -0.3 is 4.74 Å². The quantitative estimate of drug-likeness (QED) is 0.232. The van der Waals surface area contributed by atoms with Crippen LogP contribution >= 0.6 is 11.3 Å². The Labute approximate surface area is 214 Å². The number of aromatic nitrogens is 1. The van der Waals surface area contributed by atoms with Crippen molar-refractivity contribution in [3.05, 3.63) is 72.0 Å². The summed E-state index contributed by atoms with van der Waals surface area (Å²) in [6, 6.07) is 17.0. The molecule has 0 spiro atoms. The predicted octanol–water partition coefficient (Wildman–Crippen LogP) is 7.67. The van der Waals surface area contributed by atoms with Crippen molar-refractivity contribution >= 4 is 58.3 Å². The first-order valence-corrected chi connectivity index (χ1v) is 14.0. The van der Waals surface area contributed by atoms with Crippen LogP contribution in [0.1, 0.15) is 32.8 Å². The number of thiazole rings is 1. The number of rotatable bonds is 6. The Kier molecular flexibility index (Phi) is 6.12. The summed E-state index contributed by atoms with van der Waals surface area (Å²) in [6.45, 7) is 8.86. The third-order valence-corrected chi connectivity index (χ3v) is 8.59. The Balaban J connectivity index is 1.72. The molecule has 5 aromatic rings. The molecular weight excluding hydrogens is 495 g/mol. The Hall–Kier alpha value is -3.23. The van der Waals surface area contributed by atoms with E-state index in [0.29, 0.717) is 28.0 Å². The van der Waals surface area contributed by atoms with Crippen molar-refractivity contribution in [1.29, 1.82) is 0 Å². The van der Waals surface area contributed by atoms with Gasteiger partial charge in [-0.1, -0.05) is 68.5 Å². The predicted molar refractivity (Wildman–Crippen MR) is 146 cm³/mol. The largest absolute Gasteiger partial charge is 0.493 e. The lowest BCUT2D eigenvalue weighted by Crippen LogP contribution is -2.12. The van der Waals surface area contributed by atoms with Gasteiger partial charge in [-0.05, 0) is 47.9 Å². The summed E-state index contributed by atoms with van der Waals surface area (Å²) >= 11 is 1.19. The molecule has 36 heavy (non-hydrogen) atoms. The van der Waals surface area contributed by atoms with E-state index in [0.717, 1.165) is 28.1 Å². The third-order valence-electron chi connectivity index (χ3n) is 6.10. The molecule has 0 radical (unpaired) electrons. The van der Waals surface area contributed by atoms with E-state index in [1.54, 1.807) is 18.2 Å². The minimum absolute atomic E-state index is 0.0809. The lowest BCUT2D eigenvalue weighted by molar-refractivity contribution is 0.244. The van der Waals surface area contributed by atoms with Gasteiger partial charge >= 0.3 is 0 Å². The summed E-state index contributed by atoms with van der Waals surface area (Å²) in [5, 5.41) is 3.47. The monoisotopic (exact) mass is 522 g/mol. The molecule has 5 nitrogen and oxygen atoms in total. The summed E-state index contributed by atoms with van der Waals surface area (Å²) in [6.07, 6.45) is 0.816. The number of benzene rings is 4. The summed E-state index contributed by atoms with van der Waals surface area (Å²) in [7, 11) is -3.82. The highest BCUT2D eigenvalue weighted by atomic mass is 32.2. The SMILES string of the molecule is Cc1cccc2c3c(OCCC(C)(C)C)cc(F)cc3c3sc(NS(=O)(=O)c4ccccc4)nc3c12. The molecule has 4 aromatic carbocycles. The molecule has 1 N–H and O–H groups in total. The van der Waals surface area contributed by atoms with E-state index in [1.165, 1.54) is 35.6 Å². The highest BCUT2D eigenvalue weighted by molar-refractivity contribution is 7.93. The smallest absolute Gasteiger partial charge is 0.263 e. The molecule has 0 amide bonds. The van der Waals surface area contributed by atoms with Crippen LogP contribution in [-0.2, 0) is 10.0 Å². The number of nitrogens with zero attached hydrogens (tertiary/aromatic N) is 1. The van der Waals surface area contributed by atoms with Crippen LogP contribution in [0.3, 0.4) is 0 Å². The summed E-state index contributed by atoms with van der Waals surface area (Å²) in [5.74, 6) is 0.0629. The minimum atomic E-state index is -3.82. The fourth-order valence-electron chi connectivity index (χ4n) is 4.30. The van der Waals surface area contributed by atoms with Crippen LogP contribution in [0.4, 0.5) is 9.52 Å². The average molecular weight is 523 g/mol. The maximum absolute atomic E-state index is 14.9. The molecule has 1 aromatic heterocycles. The zero-order valence-electron chi connectivity index (χ0n) is 20.6. The number of hydrogen-bond donors (Lipinski definition) is 1. The molecule has 0 aliphatic carbocycles. The number of aryl methyl sites for hydroxylation is 1. The molecule has 186 valence electrons. The van der Waals surface area contributed by atoms with Crippen LogP contribution < -0.4 is 9.46 Å². The van der Waals surface area contributed by atoms with Gasteiger partial charge in [-0.15, -0.1) is 0 Å². The Morgan fingerprint density at radius 1 is 1.00 bits per heavy atom. The van der Waals surface area contributed by atoms with E-state index in [-0.39, 0.29) is 15.4 Å². The molecule has 0 aliphatic heterocycles. The highest BCUT2D eigenvalue weighted by Crippen LogP contribution is 2.44. The zero-order valence-corrected chi connectivity index (χ0v) is 22.2. The first-order chi connectivity index (χ1) is 17.0. The number of hydrogen-bond acceptors (Lipinski definition) is 5. The van der Waals surface area contributed by atoms with Crippen molar-refractivity contribution < 1.29 is 17.5 Å². The molecule has 5 rings (SSSR count). The molecule has 0 saturated carbocycles. The van der Waals surface area contributed by atoms with E-state index in [1.807, 2.05) is 25.1 Å². The number of anilines is 1. The third kappa shape index (κ3) is 4.63. The van der Waals surface area contributed by atoms with Crippen LogP contribution in [0.15, 0.2) is 65.6 Å². The molecule has 8 heteroatoms. The summed E-state index contributed by atoms with van der Waals surface area (Å²) < 4.78 is 50.2. The van der Waals surface area contributed by atoms with Crippen molar-refractivity contribution in [3.8, 4) is 5.75 Å². The molecule has 1 heterocycles. The van der Waals surface area contributed by atoms with Gasteiger partial charge in [-0.2, -0.15) is 0 Å². The molecule has 0 bridgehead atoms. The fraction of sp³-hybridized carbons (Fsp3) is 0.250. The first kappa shape index (κ1) is 24.5. The Morgan fingerprint density at radius 2 is 1.75 bits per heavy atom. The van der Waals surface area contributed by atoms with Crippen LogP contribution in [0.2, 0.25) is 0 Å². The lowest BCUT2D eigenvalue weighted by atomic mass is 9.93. The normalized spacial score (nSPS) is 12.5. The second-order valence-electron chi connectivity index (χ2n) is 10.1. The Bertz CT molecular complexity index is 1710. The highest BCUT2D eigenvalue weighted by Gasteiger charge is 2.22. The van der Waals surface area contributed by atoms with Crippen LogP contribution in [0.5, 0.6) is 5.75 Å². The van der Waals surface area contributed by atoms with E-state index in [9.17, 15) is 12.8 Å². The van der Waals surface area contributed by atoms with Gasteiger partial charge in [0, 0.05) is 22.2 Å². The number of fused-ring (bicyclic) bond motifs is 6. The lowest BCUT2D eigenvalue weighted by Gasteiger charge is -2.19. The van der Waals surface area contributed by atoms with Gasteiger partial charge in [0.25, 0.3) is 10.0 Å². The van der Waals surface area contributed by atoms with Gasteiger partial charge in [-0.25, -0.2) is 17.8 Å². The number of ether oxygens (including phenoxy) is 1. The first-order valence-electron chi connectivity index (χ1n) is 11.7. The topological polar surface area (TPSA) is 68.3 Å². The van der Waals surface area contributed by atoms with Crippen LogP contribution in [0.25, 0.3) is 31.8 Å². The van der Waals surface area contributed by atoms with Gasteiger partial charge in [0.15, 0.2) is 5.13 Å². The summed E-state index contributed by atoms with van der Waals surface area (Å²) in [4.78, 5) is 4.83. The average Bonchev–Trinajstić information content (AvgIpc) is 3.21. The van der Waals surface area contributed by atoms with E-state index in [2.05, 4.69) is 30.5 Å². The van der Waals surface area contributed by atoms with Gasteiger partial charge in [0.1, 0.15) is 11.6 Å². The molecule has 0 atom stereocenters. The van der Waals surface area contributed by atoms with Crippen molar-refractivity contribution in [1.82, 2.24) is 4.98 Å². The van der Waals surface area contributed by atoms with Crippen molar-refractivity contribution in [3.63, 3.8) is 0 Å². The van der Waals surface area contributed by atoms with Crippen molar-refractivity contribution in [2.75, 3.05) is 11.3 Å². The molecule has 0 fully saturated rings. The molecule has 0 unspecified atom stereocenters. The molecule has 0 saturated heterocycles. The number of halogens is 1. The summed E-state index contributed by atoms with van der Waals surface area (Å²) in [5.41, 5.74) is 1.71. The van der Waals surface area contributed by atoms with E-state index in [4.69, 9.17) is 4.74 Å². The second-order valence-corrected chi connectivity index (χ2v) is 12.8.